The Morgan fingerprint density at radius 3 is 2.31 bits per heavy atom. The van der Waals surface area contributed by atoms with Gasteiger partial charge >= 0.3 is 0 Å². The molecule has 1 rings (SSSR count). The van der Waals surface area contributed by atoms with Gasteiger partial charge in [0.2, 0.25) is 0 Å². The minimum Gasteiger partial charge on any atom is -0.504 e. The third-order valence-corrected chi connectivity index (χ3v) is 1.88. The van der Waals surface area contributed by atoms with Gasteiger partial charge in [0.05, 0.1) is 0 Å². The molecule has 0 fully saturated rings. The third kappa shape index (κ3) is 2.11. The van der Waals surface area contributed by atoms with Crippen molar-refractivity contribution >= 4 is 0 Å². The highest BCUT2D eigenvalue weighted by Gasteiger charge is 2.16. The monoisotopic (exact) mass is 184 g/mol. The standard InChI is InChI=1S/C9H13NO3/c1-5(10)9(13)6-2-3-7(11)8(12)4-6/h2-5,9,11-13H,10H2,1H3/p+1/t5-,9-/m1/s1. The predicted octanol–water partition coefficient (Wildman–Crippen LogP) is -0.238. The number of aliphatic hydroxyl groups excluding tert-OH is 1. The van der Waals surface area contributed by atoms with Gasteiger partial charge in [-0.05, 0) is 24.6 Å². The molecule has 0 bridgehead atoms. The van der Waals surface area contributed by atoms with Gasteiger partial charge < -0.3 is 21.1 Å². The summed E-state index contributed by atoms with van der Waals surface area (Å²) in [6.45, 7) is 1.77. The summed E-state index contributed by atoms with van der Waals surface area (Å²) in [5.41, 5.74) is 4.23. The average Bonchev–Trinajstić information content (AvgIpc) is 2.08. The molecule has 1 aromatic rings. The Kier molecular flexibility index (Phi) is 2.75. The summed E-state index contributed by atoms with van der Waals surface area (Å²) in [4.78, 5) is 0. The zero-order valence-corrected chi connectivity index (χ0v) is 7.44. The van der Waals surface area contributed by atoms with E-state index in [1.54, 1.807) is 13.0 Å². The summed E-state index contributed by atoms with van der Waals surface area (Å²) in [5.74, 6) is -0.412. The maximum absolute atomic E-state index is 9.56. The second kappa shape index (κ2) is 3.64. The maximum atomic E-state index is 9.56. The second-order valence-corrected chi connectivity index (χ2v) is 3.17. The lowest BCUT2D eigenvalue weighted by atomic mass is 10.0. The number of hydrogen-bond acceptors (Lipinski definition) is 3. The van der Waals surface area contributed by atoms with Gasteiger partial charge in [0, 0.05) is 0 Å². The molecule has 0 saturated carbocycles. The van der Waals surface area contributed by atoms with E-state index < -0.39 is 6.10 Å². The number of phenols is 2. The molecule has 0 aliphatic heterocycles. The molecule has 13 heavy (non-hydrogen) atoms. The van der Waals surface area contributed by atoms with Crippen molar-refractivity contribution in [3.8, 4) is 11.5 Å². The molecule has 0 spiro atoms. The number of aliphatic hydroxyl groups is 1. The molecule has 0 aliphatic rings. The van der Waals surface area contributed by atoms with E-state index in [2.05, 4.69) is 5.73 Å². The van der Waals surface area contributed by atoms with Gasteiger partial charge in [0.1, 0.15) is 12.1 Å². The highest BCUT2D eigenvalue weighted by Crippen LogP contribution is 2.28. The van der Waals surface area contributed by atoms with Crippen LogP contribution in [0.5, 0.6) is 11.5 Å². The summed E-state index contributed by atoms with van der Waals surface area (Å²) >= 11 is 0. The first-order valence-electron chi connectivity index (χ1n) is 4.05. The number of benzene rings is 1. The molecule has 0 amide bonds. The molecule has 72 valence electrons. The topological polar surface area (TPSA) is 88.3 Å². The number of rotatable bonds is 2. The van der Waals surface area contributed by atoms with Crippen molar-refractivity contribution in [1.82, 2.24) is 0 Å². The molecule has 0 heterocycles. The lowest BCUT2D eigenvalue weighted by Crippen LogP contribution is -2.61. The summed E-state index contributed by atoms with van der Waals surface area (Å²) in [6.07, 6.45) is -0.716. The first-order valence-corrected chi connectivity index (χ1v) is 4.05. The fourth-order valence-corrected chi connectivity index (χ4v) is 1.05. The molecule has 4 heteroatoms. The Hall–Kier alpha value is -1.26. The summed E-state index contributed by atoms with van der Waals surface area (Å²) < 4.78 is 0. The second-order valence-electron chi connectivity index (χ2n) is 3.17. The Labute approximate surface area is 76.2 Å². The van der Waals surface area contributed by atoms with Gasteiger partial charge in [-0.3, -0.25) is 0 Å². The van der Waals surface area contributed by atoms with Gasteiger partial charge in [-0.1, -0.05) is 6.07 Å². The van der Waals surface area contributed by atoms with E-state index in [-0.39, 0.29) is 17.5 Å². The van der Waals surface area contributed by atoms with Crippen molar-refractivity contribution in [2.75, 3.05) is 0 Å². The van der Waals surface area contributed by atoms with Crippen molar-refractivity contribution in [3.05, 3.63) is 23.8 Å². The molecule has 1 aromatic carbocycles. The van der Waals surface area contributed by atoms with Gasteiger partial charge in [-0.15, -0.1) is 0 Å². The molecule has 0 aromatic heterocycles. The van der Waals surface area contributed by atoms with E-state index in [9.17, 15) is 5.11 Å². The molecule has 2 atom stereocenters. The molecule has 4 nitrogen and oxygen atoms in total. The number of hydrogen-bond donors (Lipinski definition) is 4. The van der Waals surface area contributed by atoms with Crippen LogP contribution < -0.4 is 5.73 Å². The summed E-state index contributed by atoms with van der Waals surface area (Å²) in [6, 6.07) is 4.07. The Bertz CT molecular complexity index is 299. The van der Waals surface area contributed by atoms with Gasteiger partial charge in [-0.2, -0.15) is 0 Å². The van der Waals surface area contributed by atoms with Crippen LogP contribution in [-0.4, -0.2) is 21.4 Å². The lowest BCUT2D eigenvalue weighted by molar-refractivity contribution is -0.433. The van der Waals surface area contributed by atoms with Crippen LogP contribution in [0.4, 0.5) is 0 Å². The van der Waals surface area contributed by atoms with E-state index in [0.29, 0.717) is 5.56 Å². The number of aromatic hydroxyl groups is 2. The highest BCUT2D eigenvalue weighted by molar-refractivity contribution is 5.41. The fourth-order valence-electron chi connectivity index (χ4n) is 1.05. The zero-order chi connectivity index (χ0) is 10.0. The quantitative estimate of drug-likeness (QED) is 0.478. The molecule has 0 aliphatic carbocycles. The van der Waals surface area contributed by atoms with Crippen molar-refractivity contribution in [2.24, 2.45) is 0 Å². The van der Waals surface area contributed by atoms with Crippen LogP contribution in [0.1, 0.15) is 18.6 Å². The van der Waals surface area contributed by atoms with Crippen molar-refractivity contribution in [3.63, 3.8) is 0 Å². The van der Waals surface area contributed by atoms with Crippen LogP contribution >= 0.6 is 0 Å². The van der Waals surface area contributed by atoms with E-state index in [4.69, 9.17) is 10.2 Å². The summed E-state index contributed by atoms with van der Waals surface area (Å²) in [5, 5.41) is 27.7. The minimum absolute atomic E-state index is 0.163. The van der Waals surface area contributed by atoms with E-state index in [1.165, 1.54) is 12.1 Å². The van der Waals surface area contributed by atoms with Gasteiger partial charge in [0.15, 0.2) is 11.5 Å². The lowest BCUT2D eigenvalue weighted by Gasteiger charge is -2.12. The zero-order valence-electron chi connectivity index (χ0n) is 7.44. The van der Waals surface area contributed by atoms with Crippen LogP contribution in [-0.2, 0) is 0 Å². The predicted molar refractivity (Wildman–Crippen MR) is 47.1 cm³/mol. The summed E-state index contributed by atoms with van der Waals surface area (Å²) in [7, 11) is 0. The van der Waals surface area contributed by atoms with E-state index in [1.807, 2.05) is 0 Å². The minimum atomic E-state index is -0.716. The first-order chi connectivity index (χ1) is 6.02. The molecular formula is C9H14NO3+. The Morgan fingerprint density at radius 1 is 1.23 bits per heavy atom. The van der Waals surface area contributed by atoms with Crippen LogP contribution in [0.3, 0.4) is 0 Å². The van der Waals surface area contributed by atoms with Crippen molar-refractivity contribution in [1.29, 1.82) is 0 Å². The first kappa shape index (κ1) is 9.83. The van der Waals surface area contributed by atoms with Crippen molar-refractivity contribution in [2.45, 2.75) is 19.1 Å². The van der Waals surface area contributed by atoms with Crippen LogP contribution in [0.2, 0.25) is 0 Å². The highest BCUT2D eigenvalue weighted by atomic mass is 16.3. The normalized spacial score (nSPS) is 15.3. The fraction of sp³-hybridized carbons (Fsp3) is 0.333. The Balaban J connectivity index is 2.97. The molecular weight excluding hydrogens is 170 g/mol. The third-order valence-electron chi connectivity index (χ3n) is 1.88. The van der Waals surface area contributed by atoms with E-state index >= 15 is 0 Å². The van der Waals surface area contributed by atoms with Crippen molar-refractivity contribution < 1.29 is 21.1 Å². The van der Waals surface area contributed by atoms with Crippen LogP contribution in [0.25, 0.3) is 0 Å². The van der Waals surface area contributed by atoms with Gasteiger partial charge in [0.25, 0.3) is 0 Å². The number of quaternary nitrogens is 1. The molecule has 6 N–H and O–H groups in total. The maximum Gasteiger partial charge on any atom is 0.157 e. The van der Waals surface area contributed by atoms with Crippen LogP contribution in [0.15, 0.2) is 18.2 Å². The van der Waals surface area contributed by atoms with E-state index in [0.717, 1.165) is 0 Å². The largest absolute Gasteiger partial charge is 0.504 e. The molecule has 0 radical (unpaired) electrons. The molecule has 0 unspecified atom stereocenters. The average molecular weight is 184 g/mol. The van der Waals surface area contributed by atoms with Gasteiger partial charge in [-0.25, -0.2) is 0 Å². The SMILES string of the molecule is C[C@@H]([NH3+])[C@@H](O)c1ccc(O)c(O)c1. The molecule has 0 saturated heterocycles. The smallest absolute Gasteiger partial charge is 0.157 e. The number of phenolic OH excluding ortho intramolecular Hbond substituents is 2. The Morgan fingerprint density at radius 2 is 1.85 bits per heavy atom. The van der Waals surface area contributed by atoms with Crippen LogP contribution in [0, 0.1) is 0 Å².